The summed E-state index contributed by atoms with van der Waals surface area (Å²) >= 11 is 0. The van der Waals surface area contributed by atoms with Crippen LogP contribution in [-0.4, -0.2) is 19.4 Å². The van der Waals surface area contributed by atoms with Crippen molar-refractivity contribution >= 4 is 36.2 Å². The minimum absolute atomic E-state index is 0.290. The van der Waals surface area contributed by atoms with Gasteiger partial charge in [-0.3, -0.25) is 0 Å². The first-order valence-electron chi connectivity index (χ1n) is 24.2. The van der Waals surface area contributed by atoms with Crippen molar-refractivity contribution in [3.63, 3.8) is 0 Å². The zero-order chi connectivity index (χ0) is 44.5. The van der Waals surface area contributed by atoms with E-state index in [0.717, 1.165) is 69.4 Å². The second kappa shape index (κ2) is 21.2. The first-order valence-corrected chi connectivity index (χ1v) is 25.2. The highest BCUT2D eigenvalue weighted by molar-refractivity contribution is 7.28. The van der Waals surface area contributed by atoms with E-state index in [0.29, 0.717) is 21.4 Å². The van der Waals surface area contributed by atoms with Gasteiger partial charge in [0.15, 0.2) is 0 Å². The molecule has 8 bridgehead atoms. The number of nitrogens with zero attached hydrogens (tertiary/aromatic N) is 1. The lowest BCUT2D eigenvalue weighted by Gasteiger charge is -2.18. The van der Waals surface area contributed by atoms with Gasteiger partial charge in [-0.25, -0.2) is 4.99 Å². The number of ether oxygens (including phenoxy) is 2. The Morgan fingerprint density at radius 3 is 1.92 bits per heavy atom. The molecule has 0 N–H and O–H groups in total. The minimum atomic E-state index is 0.290. The molecule has 1 aromatic heterocycles. The summed E-state index contributed by atoms with van der Waals surface area (Å²) < 4.78 is 11.6. The van der Waals surface area contributed by atoms with E-state index in [1.165, 1.54) is 106 Å². The lowest BCUT2D eigenvalue weighted by molar-refractivity contribution is 0.117. The zero-order valence-corrected chi connectivity index (χ0v) is 39.9. The van der Waals surface area contributed by atoms with Crippen LogP contribution in [0.1, 0.15) is 117 Å². The van der Waals surface area contributed by atoms with E-state index in [9.17, 15) is 0 Å². The van der Waals surface area contributed by atoms with Crippen molar-refractivity contribution in [1.29, 1.82) is 0 Å². The van der Waals surface area contributed by atoms with Crippen LogP contribution in [-0.2, 0) is 35.5 Å². The number of aliphatic imine (C=N–C) groups is 1. The molecular formula is C61H64NO2P. The molecule has 3 heterocycles. The fraction of sp³-hybridized carbons (Fsp3) is 0.295. The van der Waals surface area contributed by atoms with Gasteiger partial charge in [-0.2, -0.15) is 0 Å². The minimum Gasteiger partial charge on any atom is -0.380 e. The number of benzene rings is 4. The second-order valence-electron chi connectivity index (χ2n) is 18.1. The largest absolute Gasteiger partial charge is 0.380 e. The Morgan fingerprint density at radius 1 is 0.600 bits per heavy atom. The average molecular weight is 874 g/mol. The molecule has 9 rings (SSSR count). The van der Waals surface area contributed by atoms with Crippen LogP contribution in [0.2, 0.25) is 0 Å². The maximum atomic E-state index is 6.10. The van der Waals surface area contributed by atoms with Crippen LogP contribution in [0.3, 0.4) is 0 Å². The number of methoxy groups -OCH3 is 1. The van der Waals surface area contributed by atoms with E-state index >= 15 is 0 Å². The number of unbranched alkanes of at least 4 members (excludes halogenated alkanes) is 2. The topological polar surface area (TPSA) is 30.8 Å². The van der Waals surface area contributed by atoms with Crippen molar-refractivity contribution in [3.05, 3.63) is 222 Å². The van der Waals surface area contributed by atoms with Crippen molar-refractivity contribution in [2.24, 2.45) is 10.9 Å². The molecule has 0 amide bonds. The smallest absolute Gasteiger partial charge is 0.0725 e. The molecule has 4 aliphatic rings. The number of aryl methyl sites for hydroxylation is 2. The Kier molecular flexibility index (Phi) is 14.5. The molecule has 4 heteroatoms. The fourth-order valence-corrected chi connectivity index (χ4v) is 11.5. The molecule has 2 unspecified atom stereocenters. The zero-order valence-electron chi connectivity index (χ0n) is 38.9. The lowest BCUT2D eigenvalue weighted by Crippen LogP contribution is -2.12. The highest BCUT2D eigenvalue weighted by Gasteiger charge is 2.26. The Hall–Kier alpha value is -5.57. The summed E-state index contributed by atoms with van der Waals surface area (Å²) in [7, 11) is 2.27. The Balaban J connectivity index is 1.26. The van der Waals surface area contributed by atoms with Gasteiger partial charge >= 0.3 is 0 Å². The molecule has 2 aliphatic heterocycles. The van der Waals surface area contributed by atoms with Crippen LogP contribution in [0, 0.1) is 5.92 Å². The van der Waals surface area contributed by atoms with Crippen molar-refractivity contribution in [1.82, 2.24) is 0 Å². The molecule has 65 heavy (non-hydrogen) atoms. The van der Waals surface area contributed by atoms with Crippen molar-refractivity contribution in [3.8, 4) is 0 Å². The van der Waals surface area contributed by atoms with Crippen LogP contribution in [0.5, 0.6) is 0 Å². The van der Waals surface area contributed by atoms with Gasteiger partial charge in [-0.15, -0.1) is 8.19 Å². The maximum Gasteiger partial charge on any atom is 0.0725 e. The summed E-state index contributed by atoms with van der Waals surface area (Å²) in [5, 5.41) is 0. The lowest BCUT2D eigenvalue weighted by atomic mass is 9.87. The second-order valence-corrected chi connectivity index (χ2v) is 19.4. The van der Waals surface area contributed by atoms with Crippen LogP contribution in [0.25, 0.3) is 22.3 Å². The SMILES string of the molecule is CCCCCOCc1ccc(C2=c3ccc([pH]3)=C(c3ccc(CC)cc3)C3C=CC(=C(c4ccc(COC)cc4)C4=CC=C(C4)C(c4ccc(CCC)cc4)=C4C=CC2=N4)CCC3)cc1. The molecule has 2 aliphatic carbocycles. The van der Waals surface area contributed by atoms with Gasteiger partial charge < -0.3 is 9.47 Å². The van der Waals surface area contributed by atoms with Gasteiger partial charge in [0.1, 0.15) is 0 Å². The quantitative estimate of drug-likeness (QED) is 0.0981. The van der Waals surface area contributed by atoms with Crippen molar-refractivity contribution in [2.75, 3.05) is 13.7 Å². The molecule has 0 saturated carbocycles. The summed E-state index contributed by atoms with van der Waals surface area (Å²) in [4.78, 5) is 8.43. The molecular weight excluding hydrogens is 810 g/mol. The van der Waals surface area contributed by atoms with E-state index in [4.69, 9.17) is 14.5 Å². The average Bonchev–Trinajstić information content (AvgIpc) is 4.10. The molecule has 2 atom stereocenters. The predicted octanol–water partition coefficient (Wildman–Crippen LogP) is 14.0. The van der Waals surface area contributed by atoms with Crippen LogP contribution in [0.4, 0.5) is 0 Å². The fourth-order valence-electron chi connectivity index (χ4n) is 10.1. The highest BCUT2D eigenvalue weighted by Crippen LogP contribution is 2.44. The summed E-state index contributed by atoms with van der Waals surface area (Å²) in [6.07, 6.45) is 25.2. The van der Waals surface area contributed by atoms with Crippen LogP contribution in [0.15, 0.2) is 173 Å². The molecule has 0 saturated heterocycles. The molecule has 0 fully saturated rings. The summed E-state index contributed by atoms with van der Waals surface area (Å²) in [5.74, 6) is 0.290. The number of allylic oxidation sites excluding steroid dienone is 11. The summed E-state index contributed by atoms with van der Waals surface area (Å²) in [6.45, 7) is 8.78. The highest BCUT2D eigenvalue weighted by atomic mass is 31.0. The summed E-state index contributed by atoms with van der Waals surface area (Å²) in [5.41, 5.74) is 21.6. The van der Waals surface area contributed by atoms with E-state index in [1.54, 1.807) is 7.11 Å². The normalized spacial score (nSPS) is 17.3. The third kappa shape index (κ3) is 10.1. The molecule has 0 radical (unpaired) electrons. The first-order chi connectivity index (χ1) is 32.0. The van der Waals surface area contributed by atoms with Gasteiger partial charge in [0.05, 0.1) is 24.6 Å². The number of rotatable bonds is 15. The Bertz CT molecular complexity index is 2840. The molecule has 3 nitrogen and oxygen atoms in total. The number of fused-ring (bicyclic) bond motifs is 7. The monoisotopic (exact) mass is 873 g/mol. The van der Waals surface area contributed by atoms with E-state index in [1.807, 2.05) is 0 Å². The van der Waals surface area contributed by atoms with Gasteiger partial charge in [0, 0.05) is 35.7 Å². The third-order valence-electron chi connectivity index (χ3n) is 13.5. The first kappa shape index (κ1) is 44.6. The Labute approximate surface area is 389 Å². The summed E-state index contributed by atoms with van der Waals surface area (Å²) in [6, 6.07) is 41.7. The van der Waals surface area contributed by atoms with Gasteiger partial charge in [-0.05, 0) is 147 Å². The van der Waals surface area contributed by atoms with E-state index in [-0.39, 0.29) is 5.92 Å². The maximum absolute atomic E-state index is 6.10. The van der Waals surface area contributed by atoms with Crippen molar-refractivity contribution in [2.45, 2.75) is 98.2 Å². The molecule has 330 valence electrons. The van der Waals surface area contributed by atoms with Gasteiger partial charge in [0.2, 0.25) is 0 Å². The number of hydrogen-bond acceptors (Lipinski definition) is 3. The predicted molar refractivity (Wildman–Crippen MR) is 277 cm³/mol. The van der Waals surface area contributed by atoms with E-state index in [2.05, 4.69) is 166 Å². The van der Waals surface area contributed by atoms with Crippen LogP contribution < -0.4 is 9.90 Å². The van der Waals surface area contributed by atoms with Gasteiger partial charge in [0.25, 0.3) is 0 Å². The van der Waals surface area contributed by atoms with Crippen molar-refractivity contribution < 1.29 is 9.47 Å². The van der Waals surface area contributed by atoms with E-state index < -0.39 is 0 Å². The molecule has 4 aromatic carbocycles. The van der Waals surface area contributed by atoms with Gasteiger partial charge in [-0.1, -0.05) is 161 Å². The Morgan fingerprint density at radius 2 is 1.23 bits per heavy atom. The third-order valence-corrected chi connectivity index (χ3v) is 14.9. The molecule has 5 aromatic rings. The standard InChI is InChI=1S/C61H64NO2P/c1-5-8-9-38-64-41-45-20-28-51(29-21-45)61-55-35-34-54(62-55)59(49-24-16-43(11-6-2)17-25-49)53-33-32-52(39-53)58(48-26-18-44(19-27-48)40-63-4)46-12-10-13-47(31-30-46)60(56-36-37-57(61)65-56)50-22-14-42(7-3)15-23-50/h14-37,47,65H,5-13,38-41H2,1-4H3. The molecule has 0 spiro atoms. The van der Waals surface area contributed by atoms with Crippen LogP contribution >= 0.6 is 8.19 Å². The number of hydrogen-bond donors (Lipinski definition) is 0.